The highest BCUT2D eigenvalue weighted by atomic mass is 35.5. The van der Waals surface area contributed by atoms with Gasteiger partial charge in [-0.3, -0.25) is 4.79 Å². The van der Waals surface area contributed by atoms with Gasteiger partial charge in [-0.2, -0.15) is 12.8 Å². The zero-order chi connectivity index (χ0) is 17.3. The summed E-state index contributed by atoms with van der Waals surface area (Å²) in [5.74, 6) is -0.337. The number of nitrogens with zero attached hydrogens (tertiary/aromatic N) is 1. The molecule has 0 atom stereocenters. The Morgan fingerprint density at radius 3 is 2.25 bits per heavy atom. The van der Waals surface area contributed by atoms with Crippen LogP contribution in [0.25, 0.3) is 0 Å². The predicted molar refractivity (Wildman–Crippen MR) is 94.3 cm³/mol. The van der Waals surface area contributed by atoms with E-state index in [1.165, 1.54) is 18.2 Å². The summed E-state index contributed by atoms with van der Waals surface area (Å²) in [5.41, 5.74) is 2.01. The molecule has 4 nitrogen and oxygen atoms in total. The van der Waals surface area contributed by atoms with E-state index in [-0.39, 0.29) is 21.4 Å². The maximum absolute atomic E-state index is 12.6. The molecule has 2 aromatic rings. The number of hydrogen-bond donors (Lipinski definition) is 0. The van der Waals surface area contributed by atoms with E-state index in [0.717, 1.165) is 12.0 Å². The summed E-state index contributed by atoms with van der Waals surface area (Å²) < 4.78 is 29.0. The Bertz CT molecular complexity index is 974. The number of carbonyl (C=O) groups excluding carboxylic acids is 1. The van der Waals surface area contributed by atoms with Gasteiger partial charge in [-0.1, -0.05) is 54.9 Å². The SMILES string of the molecule is CCc1ccc(S(=O)(=O)N=C2C=C(Cl)C(=O)c3ccccc32)cc1. The largest absolute Gasteiger partial charge is 0.288 e. The van der Waals surface area contributed by atoms with E-state index in [9.17, 15) is 13.2 Å². The van der Waals surface area contributed by atoms with Crippen molar-refractivity contribution < 1.29 is 13.2 Å². The van der Waals surface area contributed by atoms with E-state index in [2.05, 4.69) is 4.40 Å². The normalized spacial score (nSPS) is 16.0. The number of hydrogen-bond acceptors (Lipinski definition) is 3. The van der Waals surface area contributed by atoms with Crippen molar-refractivity contribution in [2.45, 2.75) is 18.2 Å². The molecule has 0 unspecified atom stereocenters. The lowest BCUT2D eigenvalue weighted by Gasteiger charge is -2.14. The van der Waals surface area contributed by atoms with Crippen molar-refractivity contribution in [1.29, 1.82) is 0 Å². The highest BCUT2D eigenvalue weighted by Gasteiger charge is 2.24. The molecule has 1 aliphatic carbocycles. The van der Waals surface area contributed by atoms with Gasteiger partial charge in [-0.05, 0) is 30.2 Å². The lowest BCUT2D eigenvalue weighted by Crippen LogP contribution is -2.16. The quantitative estimate of drug-likeness (QED) is 0.838. The van der Waals surface area contributed by atoms with Crippen LogP contribution in [0.3, 0.4) is 0 Å². The molecule has 0 spiro atoms. The van der Waals surface area contributed by atoms with Crippen molar-refractivity contribution in [3.05, 3.63) is 76.3 Å². The molecule has 0 amide bonds. The lowest BCUT2D eigenvalue weighted by atomic mass is 9.94. The van der Waals surface area contributed by atoms with Gasteiger partial charge in [0.15, 0.2) is 0 Å². The third-order valence-electron chi connectivity index (χ3n) is 3.78. The van der Waals surface area contributed by atoms with Gasteiger partial charge in [0.1, 0.15) is 0 Å². The third-order valence-corrected chi connectivity index (χ3v) is 5.36. The molecular formula is C18H14ClNO3S. The number of sulfonamides is 1. The van der Waals surface area contributed by atoms with Gasteiger partial charge < -0.3 is 0 Å². The van der Waals surface area contributed by atoms with Gasteiger partial charge in [0.25, 0.3) is 10.0 Å². The van der Waals surface area contributed by atoms with Crippen molar-refractivity contribution in [2.24, 2.45) is 4.40 Å². The highest BCUT2D eigenvalue weighted by molar-refractivity contribution is 7.90. The van der Waals surface area contributed by atoms with Crippen LogP contribution in [0, 0.1) is 0 Å². The Morgan fingerprint density at radius 2 is 1.62 bits per heavy atom. The number of halogens is 1. The van der Waals surface area contributed by atoms with Crippen LogP contribution in [0.1, 0.15) is 28.4 Å². The van der Waals surface area contributed by atoms with Crippen molar-refractivity contribution in [1.82, 2.24) is 0 Å². The van der Waals surface area contributed by atoms with Gasteiger partial charge in [-0.15, -0.1) is 0 Å². The fraction of sp³-hybridized carbons (Fsp3) is 0.111. The second-order valence-corrected chi connectivity index (χ2v) is 7.33. The molecule has 1 aliphatic rings. The smallest absolute Gasteiger partial charge is 0.282 e. The molecule has 0 saturated carbocycles. The van der Waals surface area contributed by atoms with Gasteiger partial charge in [0.05, 0.1) is 15.6 Å². The van der Waals surface area contributed by atoms with E-state index in [4.69, 9.17) is 11.6 Å². The van der Waals surface area contributed by atoms with Crippen molar-refractivity contribution in [3.8, 4) is 0 Å². The molecule has 0 aromatic heterocycles. The minimum Gasteiger partial charge on any atom is -0.288 e. The molecule has 0 fully saturated rings. The van der Waals surface area contributed by atoms with Gasteiger partial charge >= 0.3 is 0 Å². The molecule has 3 rings (SSSR count). The molecule has 0 saturated heterocycles. The first-order valence-corrected chi connectivity index (χ1v) is 9.19. The lowest BCUT2D eigenvalue weighted by molar-refractivity contribution is 0.104. The van der Waals surface area contributed by atoms with Gasteiger partial charge in [0, 0.05) is 11.1 Å². The molecule has 0 radical (unpaired) electrons. The average molecular weight is 360 g/mol. The molecule has 0 heterocycles. The summed E-state index contributed by atoms with van der Waals surface area (Å²) in [6.07, 6.45) is 2.12. The van der Waals surface area contributed by atoms with E-state index in [0.29, 0.717) is 11.1 Å². The van der Waals surface area contributed by atoms with Crippen LogP contribution in [0.5, 0.6) is 0 Å². The van der Waals surface area contributed by atoms with Crippen molar-refractivity contribution >= 4 is 33.1 Å². The van der Waals surface area contributed by atoms with Crippen molar-refractivity contribution in [3.63, 3.8) is 0 Å². The molecular weight excluding hydrogens is 346 g/mol. The summed E-state index contributed by atoms with van der Waals surface area (Å²) in [7, 11) is -3.90. The summed E-state index contributed by atoms with van der Waals surface area (Å²) in [6, 6.07) is 13.3. The summed E-state index contributed by atoms with van der Waals surface area (Å²) in [5, 5.41) is -0.0519. The summed E-state index contributed by atoms with van der Waals surface area (Å²) in [4.78, 5) is 12.2. The Labute approximate surface area is 145 Å². The van der Waals surface area contributed by atoms with E-state index in [1.54, 1.807) is 36.4 Å². The maximum atomic E-state index is 12.6. The zero-order valence-corrected chi connectivity index (χ0v) is 14.4. The molecule has 6 heteroatoms. The third kappa shape index (κ3) is 3.05. The number of carbonyl (C=O) groups is 1. The maximum Gasteiger partial charge on any atom is 0.282 e. The second kappa shape index (κ2) is 6.34. The van der Waals surface area contributed by atoms with Crippen LogP contribution in [0.2, 0.25) is 0 Å². The topological polar surface area (TPSA) is 63.6 Å². The standard InChI is InChI=1S/C18H14ClNO3S/c1-2-12-7-9-13(10-8-12)24(22,23)20-17-11-16(19)18(21)15-6-4-3-5-14(15)17/h3-11H,2H2,1H3. The summed E-state index contributed by atoms with van der Waals surface area (Å²) in [6.45, 7) is 1.99. The monoisotopic (exact) mass is 359 g/mol. The van der Waals surface area contributed by atoms with Crippen LogP contribution < -0.4 is 0 Å². The minimum absolute atomic E-state index is 0.0519. The first-order chi connectivity index (χ1) is 11.4. The molecule has 0 bridgehead atoms. The van der Waals surface area contributed by atoms with E-state index < -0.39 is 10.0 Å². The molecule has 2 aromatic carbocycles. The number of benzene rings is 2. The van der Waals surface area contributed by atoms with Crippen LogP contribution in [0.15, 0.2) is 68.9 Å². The van der Waals surface area contributed by atoms with Gasteiger partial charge in [0.2, 0.25) is 5.78 Å². The first kappa shape index (κ1) is 16.6. The minimum atomic E-state index is -3.90. The number of fused-ring (bicyclic) bond motifs is 1. The Morgan fingerprint density at radius 1 is 1.00 bits per heavy atom. The van der Waals surface area contributed by atoms with Crippen LogP contribution in [-0.2, 0) is 16.4 Å². The first-order valence-electron chi connectivity index (χ1n) is 7.37. The zero-order valence-electron chi connectivity index (χ0n) is 12.9. The van der Waals surface area contributed by atoms with Crippen LogP contribution in [0.4, 0.5) is 0 Å². The summed E-state index contributed by atoms with van der Waals surface area (Å²) >= 11 is 5.94. The number of Topliss-reactive ketones (excluding diaryl/α,β-unsaturated/α-hetero) is 1. The second-order valence-electron chi connectivity index (χ2n) is 5.32. The molecule has 0 aliphatic heterocycles. The average Bonchev–Trinajstić information content (AvgIpc) is 2.59. The fourth-order valence-corrected chi connectivity index (χ4v) is 3.65. The fourth-order valence-electron chi connectivity index (χ4n) is 2.45. The van der Waals surface area contributed by atoms with Gasteiger partial charge in [-0.25, -0.2) is 0 Å². The number of rotatable bonds is 3. The van der Waals surface area contributed by atoms with Crippen LogP contribution in [-0.4, -0.2) is 19.9 Å². The van der Waals surface area contributed by atoms with Crippen molar-refractivity contribution in [2.75, 3.05) is 0 Å². The predicted octanol–water partition coefficient (Wildman–Crippen LogP) is 3.75. The molecule has 24 heavy (non-hydrogen) atoms. The Hall–Kier alpha value is -2.24. The Balaban J connectivity index is 2.10. The van der Waals surface area contributed by atoms with E-state index in [1.807, 2.05) is 6.92 Å². The molecule has 0 N–H and O–H groups in total. The van der Waals surface area contributed by atoms with E-state index >= 15 is 0 Å². The number of ketones is 1. The highest BCUT2D eigenvalue weighted by Crippen LogP contribution is 2.25. The molecule has 122 valence electrons. The van der Waals surface area contributed by atoms with Crippen LogP contribution >= 0.6 is 11.6 Å². The number of allylic oxidation sites excluding steroid dienone is 2. The Kier molecular flexibility index (Phi) is 4.39. The number of aryl methyl sites for hydroxylation is 1.